The smallest absolute Gasteiger partial charge is 0.0713 e. The Morgan fingerprint density at radius 2 is 1.82 bits per heavy atom. The molecular formula is C14H16N2O. The van der Waals surface area contributed by atoms with Crippen LogP contribution < -0.4 is 11.1 Å². The van der Waals surface area contributed by atoms with Crippen LogP contribution >= 0.6 is 0 Å². The lowest BCUT2D eigenvalue weighted by Gasteiger charge is -2.08. The number of nitrogens with one attached hydrogen (secondary N) is 1. The average molecular weight is 228 g/mol. The lowest BCUT2D eigenvalue weighted by Crippen LogP contribution is -1.93. The Kier molecular flexibility index (Phi) is 3.62. The first-order valence-corrected chi connectivity index (χ1v) is 5.48. The molecule has 0 atom stereocenters. The fourth-order valence-electron chi connectivity index (χ4n) is 1.63. The maximum absolute atomic E-state index is 5.72. The minimum Gasteiger partial charge on any atom is -0.399 e. The fraction of sp³-hybridized carbons (Fsp3) is 0.143. The Labute approximate surface area is 101 Å². The van der Waals surface area contributed by atoms with Gasteiger partial charge in [0.1, 0.15) is 0 Å². The number of methoxy groups -OCH3 is 1. The molecule has 0 aliphatic carbocycles. The van der Waals surface area contributed by atoms with Crippen LogP contribution in [0.25, 0.3) is 0 Å². The van der Waals surface area contributed by atoms with E-state index in [4.69, 9.17) is 10.5 Å². The molecule has 0 bridgehead atoms. The first-order chi connectivity index (χ1) is 8.28. The molecule has 0 unspecified atom stereocenters. The Bertz CT molecular complexity index is 480. The normalized spacial score (nSPS) is 10.2. The zero-order chi connectivity index (χ0) is 12.1. The lowest BCUT2D eigenvalue weighted by molar-refractivity contribution is 0.185. The van der Waals surface area contributed by atoms with Crippen molar-refractivity contribution < 1.29 is 4.74 Å². The molecule has 0 heterocycles. The molecule has 0 saturated heterocycles. The van der Waals surface area contributed by atoms with Crippen molar-refractivity contribution in [2.45, 2.75) is 6.61 Å². The van der Waals surface area contributed by atoms with E-state index in [9.17, 15) is 0 Å². The second-order valence-corrected chi connectivity index (χ2v) is 3.88. The molecule has 2 aromatic carbocycles. The van der Waals surface area contributed by atoms with Gasteiger partial charge in [-0.05, 0) is 35.9 Å². The van der Waals surface area contributed by atoms with Crippen molar-refractivity contribution in [3.05, 3.63) is 54.1 Å². The second-order valence-electron chi connectivity index (χ2n) is 3.88. The summed E-state index contributed by atoms with van der Waals surface area (Å²) in [5.41, 5.74) is 9.66. The van der Waals surface area contributed by atoms with E-state index in [0.717, 1.165) is 22.6 Å². The third-order valence-electron chi connectivity index (χ3n) is 2.44. The predicted octanol–water partition coefficient (Wildman–Crippen LogP) is 3.16. The predicted molar refractivity (Wildman–Crippen MR) is 71.3 cm³/mol. The van der Waals surface area contributed by atoms with Gasteiger partial charge in [-0.3, -0.25) is 0 Å². The molecule has 0 aliphatic rings. The van der Waals surface area contributed by atoms with Gasteiger partial charge in [0.15, 0.2) is 0 Å². The number of hydrogen-bond donors (Lipinski definition) is 2. The molecule has 0 fully saturated rings. The van der Waals surface area contributed by atoms with E-state index in [1.165, 1.54) is 0 Å². The van der Waals surface area contributed by atoms with Crippen molar-refractivity contribution in [3.63, 3.8) is 0 Å². The van der Waals surface area contributed by atoms with Crippen molar-refractivity contribution in [2.24, 2.45) is 0 Å². The summed E-state index contributed by atoms with van der Waals surface area (Å²) < 4.78 is 5.06. The Morgan fingerprint density at radius 3 is 2.47 bits per heavy atom. The van der Waals surface area contributed by atoms with Gasteiger partial charge in [-0.2, -0.15) is 0 Å². The highest BCUT2D eigenvalue weighted by Crippen LogP contribution is 2.19. The molecule has 3 heteroatoms. The maximum Gasteiger partial charge on any atom is 0.0713 e. The first-order valence-electron chi connectivity index (χ1n) is 5.48. The average Bonchev–Trinajstić information content (AvgIpc) is 2.32. The van der Waals surface area contributed by atoms with E-state index in [-0.39, 0.29) is 0 Å². The van der Waals surface area contributed by atoms with Crippen LogP contribution in [-0.2, 0) is 11.3 Å². The van der Waals surface area contributed by atoms with Crippen LogP contribution in [0.15, 0.2) is 48.5 Å². The Hall–Kier alpha value is -2.00. The number of ether oxygens (including phenoxy) is 1. The van der Waals surface area contributed by atoms with E-state index in [0.29, 0.717) is 6.61 Å². The maximum atomic E-state index is 5.72. The highest BCUT2D eigenvalue weighted by atomic mass is 16.5. The minimum atomic E-state index is 0.637. The summed E-state index contributed by atoms with van der Waals surface area (Å²) in [5.74, 6) is 0. The van der Waals surface area contributed by atoms with Crippen LogP contribution in [0.4, 0.5) is 17.1 Å². The fourth-order valence-corrected chi connectivity index (χ4v) is 1.63. The number of hydrogen-bond acceptors (Lipinski definition) is 3. The Morgan fingerprint density at radius 1 is 1.06 bits per heavy atom. The summed E-state index contributed by atoms with van der Waals surface area (Å²) in [7, 11) is 1.69. The highest BCUT2D eigenvalue weighted by molar-refractivity contribution is 5.63. The molecule has 17 heavy (non-hydrogen) atoms. The van der Waals surface area contributed by atoms with E-state index in [2.05, 4.69) is 5.32 Å². The molecule has 2 rings (SSSR count). The van der Waals surface area contributed by atoms with Gasteiger partial charge < -0.3 is 15.8 Å². The van der Waals surface area contributed by atoms with Gasteiger partial charge in [-0.1, -0.05) is 18.2 Å². The second kappa shape index (κ2) is 5.37. The van der Waals surface area contributed by atoms with Gasteiger partial charge in [0, 0.05) is 24.2 Å². The lowest BCUT2D eigenvalue weighted by atomic mass is 10.2. The highest BCUT2D eigenvalue weighted by Gasteiger charge is 1.96. The van der Waals surface area contributed by atoms with Gasteiger partial charge in [0.25, 0.3) is 0 Å². The van der Waals surface area contributed by atoms with Crippen molar-refractivity contribution in [1.29, 1.82) is 0 Å². The molecule has 0 amide bonds. The van der Waals surface area contributed by atoms with Crippen molar-refractivity contribution >= 4 is 17.1 Å². The van der Waals surface area contributed by atoms with Crippen molar-refractivity contribution in [3.8, 4) is 0 Å². The van der Waals surface area contributed by atoms with Crippen LogP contribution in [0.5, 0.6) is 0 Å². The third-order valence-corrected chi connectivity index (χ3v) is 2.44. The summed E-state index contributed by atoms with van der Waals surface area (Å²) in [6.45, 7) is 0.637. The molecule has 0 spiro atoms. The molecule has 3 N–H and O–H groups in total. The van der Waals surface area contributed by atoms with Gasteiger partial charge in [0.2, 0.25) is 0 Å². The standard InChI is InChI=1S/C14H16N2O/c1-17-10-11-5-7-13(8-6-11)16-14-4-2-3-12(15)9-14/h2-9,16H,10,15H2,1H3. The summed E-state index contributed by atoms with van der Waals surface area (Å²) >= 11 is 0. The number of nitrogens with two attached hydrogens (primary N) is 1. The summed E-state index contributed by atoms with van der Waals surface area (Å²) in [6, 6.07) is 15.8. The van der Waals surface area contributed by atoms with Gasteiger partial charge in [-0.15, -0.1) is 0 Å². The van der Waals surface area contributed by atoms with Gasteiger partial charge in [-0.25, -0.2) is 0 Å². The van der Waals surface area contributed by atoms with E-state index in [1.54, 1.807) is 7.11 Å². The van der Waals surface area contributed by atoms with E-state index < -0.39 is 0 Å². The Balaban J connectivity index is 2.08. The number of benzene rings is 2. The molecule has 0 aliphatic heterocycles. The first kappa shape index (κ1) is 11.5. The SMILES string of the molecule is COCc1ccc(Nc2cccc(N)c2)cc1. The van der Waals surface area contributed by atoms with Crippen LogP contribution in [0.2, 0.25) is 0 Å². The van der Waals surface area contributed by atoms with Crippen LogP contribution in [0, 0.1) is 0 Å². The molecule has 0 saturated carbocycles. The molecule has 3 nitrogen and oxygen atoms in total. The number of nitrogen functional groups attached to an aromatic ring is 1. The van der Waals surface area contributed by atoms with Crippen molar-refractivity contribution in [2.75, 3.05) is 18.2 Å². The number of anilines is 3. The van der Waals surface area contributed by atoms with E-state index >= 15 is 0 Å². The zero-order valence-corrected chi connectivity index (χ0v) is 9.81. The van der Waals surface area contributed by atoms with Crippen LogP contribution in [0.1, 0.15) is 5.56 Å². The summed E-state index contributed by atoms with van der Waals surface area (Å²) in [5, 5.41) is 3.29. The monoisotopic (exact) mass is 228 g/mol. The van der Waals surface area contributed by atoms with Gasteiger partial charge >= 0.3 is 0 Å². The molecule has 0 aromatic heterocycles. The quantitative estimate of drug-likeness (QED) is 0.790. The molecular weight excluding hydrogens is 212 g/mol. The largest absolute Gasteiger partial charge is 0.399 e. The number of rotatable bonds is 4. The van der Waals surface area contributed by atoms with Crippen LogP contribution in [0.3, 0.4) is 0 Å². The topological polar surface area (TPSA) is 47.3 Å². The van der Waals surface area contributed by atoms with Crippen molar-refractivity contribution in [1.82, 2.24) is 0 Å². The zero-order valence-electron chi connectivity index (χ0n) is 9.81. The molecule has 88 valence electrons. The minimum absolute atomic E-state index is 0.637. The van der Waals surface area contributed by atoms with Gasteiger partial charge in [0.05, 0.1) is 6.61 Å². The molecule has 2 aromatic rings. The van der Waals surface area contributed by atoms with Crippen LogP contribution in [-0.4, -0.2) is 7.11 Å². The molecule has 0 radical (unpaired) electrons. The summed E-state index contributed by atoms with van der Waals surface area (Å²) in [4.78, 5) is 0. The van der Waals surface area contributed by atoms with E-state index in [1.807, 2.05) is 48.5 Å². The third kappa shape index (κ3) is 3.23. The summed E-state index contributed by atoms with van der Waals surface area (Å²) in [6.07, 6.45) is 0.